The van der Waals surface area contributed by atoms with E-state index >= 15 is 0 Å². The largest absolute Gasteiger partial charge is 0.508 e. The molecule has 0 aromatic heterocycles. The van der Waals surface area contributed by atoms with Crippen molar-refractivity contribution in [1.82, 2.24) is 0 Å². The van der Waals surface area contributed by atoms with Crippen molar-refractivity contribution in [3.8, 4) is 5.75 Å². The lowest BCUT2D eigenvalue weighted by Crippen LogP contribution is -2.01. The molecule has 0 aliphatic rings. The van der Waals surface area contributed by atoms with Crippen LogP contribution in [0.5, 0.6) is 5.75 Å². The highest BCUT2D eigenvalue weighted by Gasteiger charge is 2.11. The Kier molecular flexibility index (Phi) is 6.85. The number of aryl methyl sites for hydroxylation is 1. The second kappa shape index (κ2) is 8.18. The van der Waals surface area contributed by atoms with Crippen LogP contribution in [0.2, 0.25) is 0 Å². The summed E-state index contributed by atoms with van der Waals surface area (Å²) < 4.78 is 0. The fourth-order valence-corrected chi connectivity index (χ4v) is 2.62. The van der Waals surface area contributed by atoms with Crippen molar-refractivity contribution in [2.45, 2.75) is 72.1 Å². The number of rotatable bonds is 8. The van der Waals surface area contributed by atoms with E-state index in [0.717, 1.165) is 25.7 Å². The molecule has 0 aliphatic carbocycles. The van der Waals surface area contributed by atoms with Gasteiger partial charge in [-0.3, -0.25) is 0 Å². The zero-order chi connectivity index (χ0) is 13.4. The van der Waals surface area contributed by atoms with Gasteiger partial charge in [0, 0.05) is 0 Å². The minimum Gasteiger partial charge on any atom is -0.508 e. The van der Waals surface area contributed by atoms with Gasteiger partial charge in [-0.05, 0) is 48.4 Å². The van der Waals surface area contributed by atoms with Crippen LogP contribution in [-0.4, -0.2) is 5.11 Å². The fraction of sp³-hybridized carbons (Fsp3) is 0.647. The molecule has 0 aliphatic heterocycles. The first kappa shape index (κ1) is 15.1. The molecule has 1 heteroatoms. The molecule has 0 atom stereocenters. The van der Waals surface area contributed by atoms with Gasteiger partial charge in [-0.2, -0.15) is 0 Å². The summed E-state index contributed by atoms with van der Waals surface area (Å²) in [4.78, 5) is 0. The summed E-state index contributed by atoms with van der Waals surface area (Å²) in [5, 5.41) is 10.1. The van der Waals surface area contributed by atoms with Crippen molar-refractivity contribution in [3.63, 3.8) is 0 Å². The maximum atomic E-state index is 10.1. The quantitative estimate of drug-likeness (QED) is 0.640. The smallest absolute Gasteiger partial charge is 0.119 e. The van der Waals surface area contributed by atoms with Crippen molar-refractivity contribution in [2.24, 2.45) is 0 Å². The van der Waals surface area contributed by atoms with E-state index in [0.29, 0.717) is 5.75 Å². The summed E-state index contributed by atoms with van der Waals surface area (Å²) in [6.07, 6.45) is 9.28. The summed E-state index contributed by atoms with van der Waals surface area (Å²) in [5.74, 6) is 0.509. The summed E-state index contributed by atoms with van der Waals surface area (Å²) in [5.41, 5.74) is 4.09. The van der Waals surface area contributed by atoms with Crippen LogP contribution >= 0.6 is 0 Å². The van der Waals surface area contributed by atoms with E-state index < -0.39 is 0 Å². The third-order valence-electron chi connectivity index (χ3n) is 3.55. The lowest BCUT2D eigenvalue weighted by molar-refractivity contribution is 0.464. The van der Waals surface area contributed by atoms with Crippen LogP contribution < -0.4 is 0 Å². The molecule has 0 radical (unpaired) electrons. The molecule has 0 saturated carbocycles. The second-order valence-corrected chi connectivity index (χ2v) is 5.16. The highest BCUT2D eigenvalue weighted by Crippen LogP contribution is 2.28. The lowest BCUT2D eigenvalue weighted by Gasteiger charge is -2.16. The first-order chi connectivity index (χ1) is 8.74. The molecule has 102 valence electrons. The summed E-state index contributed by atoms with van der Waals surface area (Å²) in [6.45, 7) is 6.66. The molecule has 0 bridgehead atoms. The van der Waals surface area contributed by atoms with Gasteiger partial charge < -0.3 is 5.11 Å². The zero-order valence-corrected chi connectivity index (χ0v) is 12.3. The molecule has 18 heavy (non-hydrogen) atoms. The Morgan fingerprint density at radius 1 is 0.778 bits per heavy atom. The van der Waals surface area contributed by atoms with E-state index in [-0.39, 0.29) is 0 Å². The van der Waals surface area contributed by atoms with Crippen LogP contribution in [0.1, 0.15) is 69.6 Å². The van der Waals surface area contributed by atoms with Crippen LogP contribution in [0.3, 0.4) is 0 Å². The SMILES string of the molecule is CCCCCc1c(O)ccc(CCC)c1CCC. The van der Waals surface area contributed by atoms with Crippen LogP contribution in [0.25, 0.3) is 0 Å². The molecule has 1 nitrogen and oxygen atoms in total. The Hall–Kier alpha value is -0.980. The second-order valence-electron chi connectivity index (χ2n) is 5.16. The number of unbranched alkanes of at least 4 members (excludes halogenated alkanes) is 2. The highest BCUT2D eigenvalue weighted by atomic mass is 16.3. The van der Waals surface area contributed by atoms with Crippen molar-refractivity contribution in [2.75, 3.05) is 0 Å². The lowest BCUT2D eigenvalue weighted by atomic mass is 9.91. The maximum absolute atomic E-state index is 10.1. The predicted molar refractivity (Wildman–Crippen MR) is 79.3 cm³/mol. The molecule has 0 amide bonds. The standard InChI is InChI=1S/C17H28O/c1-4-7-8-11-16-15(10-6-3)14(9-5-2)12-13-17(16)18/h12-13,18H,4-11H2,1-3H3. The van der Waals surface area contributed by atoms with Gasteiger partial charge in [0.05, 0.1) is 0 Å². The van der Waals surface area contributed by atoms with Crippen molar-refractivity contribution < 1.29 is 5.11 Å². The van der Waals surface area contributed by atoms with Crippen LogP contribution in [0.4, 0.5) is 0 Å². The van der Waals surface area contributed by atoms with Crippen molar-refractivity contribution in [3.05, 3.63) is 28.8 Å². The van der Waals surface area contributed by atoms with E-state index in [1.807, 2.05) is 6.07 Å². The first-order valence-electron chi connectivity index (χ1n) is 7.57. The van der Waals surface area contributed by atoms with Crippen LogP contribution in [0.15, 0.2) is 12.1 Å². The van der Waals surface area contributed by atoms with Gasteiger partial charge in [0.25, 0.3) is 0 Å². The third-order valence-corrected chi connectivity index (χ3v) is 3.55. The Morgan fingerprint density at radius 3 is 2.11 bits per heavy atom. The van der Waals surface area contributed by atoms with Crippen molar-refractivity contribution >= 4 is 0 Å². The molecule has 1 aromatic rings. The van der Waals surface area contributed by atoms with Crippen molar-refractivity contribution in [1.29, 1.82) is 0 Å². The molecule has 0 unspecified atom stereocenters. The molecule has 1 aromatic carbocycles. The average Bonchev–Trinajstić information content (AvgIpc) is 2.36. The minimum atomic E-state index is 0.509. The minimum absolute atomic E-state index is 0.509. The Balaban J connectivity index is 2.98. The normalized spacial score (nSPS) is 10.8. The summed E-state index contributed by atoms with van der Waals surface area (Å²) in [6, 6.07) is 4.01. The van der Waals surface area contributed by atoms with E-state index in [9.17, 15) is 5.11 Å². The fourth-order valence-electron chi connectivity index (χ4n) is 2.62. The highest BCUT2D eigenvalue weighted by molar-refractivity contribution is 5.45. The van der Waals surface area contributed by atoms with Gasteiger partial charge in [-0.1, -0.05) is 52.5 Å². The predicted octanol–water partition coefficient (Wildman–Crippen LogP) is 5.03. The van der Waals surface area contributed by atoms with Gasteiger partial charge >= 0.3 is 0 Å². The van der Waals surface area contributed by atoms with E-state index in [2.05, 4.69) is 26.8 Å². The van der Waals surface area contributed by atoms with E-state index in [4.69, 9.17) is 0 Å². The number of phenols is 1. The summed E-state index contributed by atoms with van der Waals surface area (Å²) >= 11 is 0. The van der Waals surface area contributed by atoms with Crippen LogP contribution in [-0.2, 0) is 19.3 Å². The molecular weight excluding hydrogens is 220 g/mol. The summed E-state index contributed by atoms with van der Waals surface area (Å²) in [7, 11) is 0. The van der Waals surface area contributed by atoms with Crippen LogP contribution in [0, 0.1) is 0 Å². The first-order valence-corrected chi connectivity index (χ1v) is 7.57. The number of hydrogen-bond donors (Lipinski definition) is 1. The molecule has 1 N–H and O–H groups in total. The topological polar surface area (TPSA) is 20.2 Å². The number of aromatic hydroxyl groups is 1. The third kappa shape index (κ3) is 4.04. The Bertz CT molecular complexity index is 355. The molecular formula is C17H28O. The average molecular weight is 248 g/mol. The number of phenolic OH excluding ortho intramolecular Hbond substituents is 1. The molecule has 0 heterocycles. The number of hydrogen-bond acceptors (Lipinski definition) is 1. The van der Waals surface area contributed by atoms with Gasteiger partial charge in [0.15, 0.2) is 0 Å². The Morgan fingerprint density at radius 2 is 1.50 bits per heavy atom. The molecule has 1 rings (SSSR count). The monoisotopic (exact) mass is 248 g/mol. The van der Waals surface area contributed by atoms with Gasteiger partial charge in [-0.15, -0.1) is 0 Å². The molecule has 0 spiro atoms. The molecule has 0 saturated heterocycles. The van der Waals surface area contributed by atoms with Gasteiger partial charge in [-0.25, -0.2) is 0 Å². The molecule has 0 fully saturated rings. The van der Waals surface area contributed by atoms with Gasteiger partial charge in [0.1, 0.15) is 5.75 Å². The van der Waals surface area contributed by atoms with E-state index in [1.54, 1.807) is 0 Å². The zero-order valence-electron chi connectivity index (χ0n) is 12.3. The number of benzene rings is 1. The Labute approximate surface area is 112 Å². The maximum Gasteiger partial charge on any atom is 0.119 e. The van der Waals surface area contributed by atoms with E-state index in [1.165, 1.54) is 42.4 Å². The van der Waals surface area contributed by atoms with Gasteiger partial charge in [0.2, 0.25) is 0 Å².